The van der Waals surface area contributed by atoms with E-state index in [4.69, 9.17) is 4.74 Å². The van der Waals surface area contributed by atoms with E-state index in [1.54, 1.807) is 6.20 Å². The fourth-order valence-corrected chi connectivity index (χ4v) is 3.30. The molecule has 0 radical (unpaired) electrons. The molecule has 2 heterocycles. The third-order valence-electron chi connectivity index (χ3n) is 4.77. The summed E-state index contributed by atoms with van der Waals surface area (Å²) in [5.74, 6) is -0.641. The number of amides is 1. The molecule has 4 rings (SSSR count). The van der Waals surface area contributed by atoms with Gasteiger partial charge in [0.2, 0.25) is 5.91 Å². The van der Waals surface area contributed by atoms with Crippen LogP contribution >= 0.6 is 0 Å². The summed E-state index contributed by atoms with van der Waals surface area (Å²) in [4.78, 5) is 31.0. The van der Waals surface area contributed by atoms with Crippen LogP contribution < -0.4 is 0 Å². The third kappa shape index (κ3) is 3.40. The summed E-state index contributed by atoms with van der Waals surface area (Å²) >= 11 is 0. The highest BCUT2D eigenvalue weighted by Gasteiger charge is 2.43. The second-order valence-corrected chi connectivity index (χ2v) is 6.66. The molecule has 2 aliphatic rings. The van der Waals surface area contributed by atoms with Gasteiger partial charge in [-0.3, -0.25) is 14.6 Å². The molecule has 5 heteroatoms. The summed E-state index contributed by atoms with van der Waals surface area (Å²) in [6.07, 6.45) is 3.48. The van der Waals surface area contributed by atoms with E-state index in [0.29, 0.717) is 18.3 Å². The normalized spacial score (nSPS) is 21.2. The van der Waals surface area contributed by atoms with Gasteiger partial charge in [0.15, 0.2) is 6.10 Å². The van der Waals surface area contributed by atoms with Gasteiger partial charge in [0.05, 0.1) is 11.6 Å². The maximum Gasteiger partial charge on any atom is 0.312 e. The van der Waals surface area contributed by atoms with Crippen LogP contribution in [0.4, 0.5) is 0 Å². The zero-order valence-corrected chi connectivity index (χ0v) is 13.9. The van der Waals surface area contributed by atoms with Gasteiger partial charge in [0.25, 0.3) is 0 Å². The molecule has 0 spiro atoms. The number of ether oxygens (including phenoxy) is 1. The molecular formula is C20H20N2O3. The van der Waals surface area contributed by atoms with Crippen molar-refractivity contribution < 1.29 is 14.3 Å². The Morgan fingerprint density at radius 2 is 1.88 bits per heavy atom. The molecule has 1 saturated heterocycles. The van der Waals surface area contributed by atoms with Crippen LogP contribution in [0.3, 0.4) is 0 Å². The molecule has 1 aromatic heterocycles. The van der Waals surface area contributed by atoms with Gasteiger partial charge in [0.1, 0.15) is 0 Å². The minimum absolute atomic E-state index is 0.0681. The first kappa shape index (κ1) is 15.8. The molecule has 0 bridgehead atoms. The van der Waals surface area contributed by atoms with E-state index in [9.17, 15) is 9.59 Å². The Bertz CT molecular complexity index is 720. The maximum atomic E-state index is 12.7. The lowest BCUT2D eigenvalue weighted by Crippen LogP contribution is -2.29. The molecule has 1 aromatic carbocycles. The van der Waals surface area contributed by atoms with Crippen LogP contribution in [-0.4, -0.2) is 34.3 Å². The van der Waals surface area contributed by atoms with Gasteiger partial charge in [-0.15, -0.1) is 0 Å². The van der Waals surface area contributed by atoms with Gasteiger partial charge in [-0.2, -0.15) is 0 Å². The van der Waals surface area contributed by atoms with E-state index in [1.165, 1.54) is 0 Å². The number of aromatic nitrogens is 1. The van der Waals surface area contributed by atoms with Crippen molar-refractivity contribution >= 4 is 11.9 Å². The Kier molecular flexibility index (Phi) is 4.22. The lowest BCUT2D eigenvalue weighted by molar-refractivity contribution is -0.152. The van der Waals surface area contributed by atoms with E-state index in [2.05, 4.69) is 4.98 Å². The topological polar surface area (TPSA) is 59.5 Å². The van der Waals surface area contributed by atoms with Crippen molar-refractivity contribution in [1.82, 2.24) is 9.88 Å². The van der Waals surface area contributed by atoms with Crippen LogP contribution in [-0.2, 0) is 14.3 Å². The van der Waals surface area contributed by atoms with Crippen LogP contribution in [0.15, 0.2) is 54.7 Å². The highest BCUT2D eigenvalue weighted by Crippen LogP contribution is 2.34. The largest absolute Gasteiger partial charge is 0.451 e. The summed E-state index contributed by atoms with van der Waals surface area (Å²) in [7, 11) is 0. The average Bonchev–Trinajstić information content (AvgIpc) is 3.42. The molecule has 0 N–H and O–H groups in total. The van der Waals surface area contributed by atoms with Gasteiger partial charge in [-0.05, 0) is 30.5 Å². The quantitative estimate of drug-likeness (QED) is 0.788. The number of carbonyl (C=O) groups excluding carboxylic acids is 2. The van der Waals surface area contributed by atoms with Crippen LogP contribution in [0.1, 0.15) is 36.6 Å². The fourth-order valence-electron chi connectivity index (χ4n) is 3.30. The highest BCUT2D eigenvalue weighted by molar-refractivity contribution is 5.87. The predicted octanol–water partition coefficient (Wildman–Crippen LogP) is 2.73. The molecule has 1 saturated carbocycles. The van der Waals surface area contributed by atoms with E-state index in [1.807, 2.05) is 53.4 Å². The molecule has 2 atom stereocenters. The Labute approximate surface area is 146 Å². The molecule has 25 heavy (non-hydrogen) atoms. The number of rotatable bonds is 5. The number of esters is 1. The highest BCUT2D eigenvalue weighted by atomic mass is 16.5. The Balaban J connectivity index is 1.53. The monoisotopic (exact) mass is 336 g/mol. The number of carbonyl (C=O) groups is 2. The van der Waals surface area contributed by atoms with E-state index >= 15 is 0 Å². The molecule has 2 fully saturated rings. The Morgan fingerprint density at radius 1 is 1.12 bits per heavy atom. The van der Waals surface area contributed by atoms with Gasteiger partial charge in [-0.25, -0.2) is 0 Å². The lowest BCUT2D eigenvalue weighted by Gasteiger charge is -2.20. The minimum atomic E-state index is -0.556. The molecule has 5 nitrogen and oxygen atoms in total. The first-order chi connectivity index (χ1) is 12.2. The van der Waals surface area contributed by atoms with Crippen molar-refractivity contribution in [2.75, 3.05) is 6.54 Å². The smallest absolute Gasteiger partial charge is 0.312 e. The second kappa shape index (κ2) is 6.67. The van der Waals surface area contributed by atoms with Crippen molar-refractivity contribution in [1.29, 1.82) is 0 Å². The van der Waals surface area contributed by atoms with Crippen molar-refractivity contribution in [2.24, 2.45) is 5.92 Å². The van der Waals surface area contributed by atoms with Crippen molar-refractivity contribution in [3.05, 3.63) is 66.0 Å². The molecule has 0 unspecified atom stereocenters. The van der Waals surface area contributed by atoms with Crippen molar-refractivity contribution in [3.8, 4) is 0 Å². The SMILES string of the molecule is O=C(O[C@H](c1ccccc1)c1ccccn1)[C@@H]1CC(=O)N(C2CC2)C1. The summed E-state index contributed by atoms with van der Waals surface area (Å²) < 4.78 is 5.82. The minimum Gasteiger partial charge on any atom is -0.451 e. The molecule has 1 amide bonds. The molecule has 1 aliphatic carbocycles. The summed E-state index contributed by atoms with van der Waals surface area (Å²) in [6, 6.07) is 15.5. The zero-order valence-electron chi connectivity index (χ0n) is 13.9. The fraction of sp³-hybridized carbons (Fsp3) is 0.350. The molecule has 128 valence electrons. The molecule has 2 aromatic rings. The van der Waals surface area contributed by atoms with Crippen molar-refractivity contribution in [2.45, 2.75) is 31.4 Å². The van der Waals surface area contributed by atoms with E-state index in [-0.39, 0.29) is 24.2 Å². The second-order valence-electron chi connectivity index (χ2n) is 6.66. The van der Waals surface area contributed by atoms with Crippen LogP contribution in [0, 0.1) is 5.92 Å². The Hall–Kier alpha value is -2.69. The predicted molar refractivity (Wildman–Crippen MR) is 91.5 cm³/mol. The van der Waals surface area contributed by atoms with Crippen LogP contribution in [0.2, 0.25) is 0 Å². The first-order valence-electron chi connectivity index (χ1n) is 8.68. The number of hydrogen-bond donors (Lipinski definition) is 0. The third-order valence-corrected chi connectivity index (χ3v) is 4.77. The summed E-state index contributed by atoms with van der Waals surface area (Å²) in [6.45, 7) is 0.478. The van der Waals surface area contributed by atoms with Crippen molar-refractivity contribution in [3.63, 3.8) is 0 Å². The number of benzene rings is 1. The van der Waals surface area contributed by atoms with Gasteiger partial charge in [-0.1, -0.05) is 36.4 Å². The van der Waals surface area contributed by atoms with E-state index < -0.39 is 6.10 Å². The zero-order chi connectivity index (χ0) is 17.2. The number of likely N-dealkylation sites (tertiary alicyclic amines) is 1. The average molecular weight is 336 g/mol. The summed E-state index contributed by atoms with van der Waals surface area (Å²) in [5.41, 5.74) is 1.56. The van der Waals surface area contributed by atoms with Gasteiger partial charge >= 0.3 is 5.97 Å². The first-order valence-corrected chi connectivity index (χ1v) is 8.68. The lowest BCUT2D eigenvalue weighted by atomic mass is 10.0. The van der Waals surface area contributed by atoms with Gasteiger partial charge in [0, 0.05) is 25.2 Å². The molecule has 1 aliphatic heterocycles. The molecular weight excluding hydrogens is 316 g/mol. The standard InChI is InChI=1S/C20H20N2O3/c23-18-12-15(13-22(18)16-9-10-16)20(24)25-19(14-6-2-1-3-7-14)17-8-4-5-11-21-17/h1-8,11,15-16,19H,9-10,12-13H2/t15-,19-/m1/s1. The van der Waals surface area contributed by atoms with Crippen LogP contribution in [0.5, 0.6) is 0 Å². The van der Waals surface area contributed by atoms with E-state index in [0.717, 1.165) is 18.4 Å². The maximum absolute atomic E-state index is 12.7. The summed E-state index contributed by atoms with van der Waals surface area (Å²) in [5, 5.41) is 0. The van der Waals surface area contributed by atoms with Crippen LogP contribution in [0.25, 0.3) is 0 Å². The number of nitrogens with zero attached hydrogens (tertiary/aromatic N) is 2. The van der Waals surface area contributed by atoms with Gasteiger partial charge < -0.3 is 9.64 Å². The Morgan fingerprint density at radius 3 is 2.56 bits per heavy atom. The number of hydrogen-bond acceptors (Lipinski definition) is 4. The number of pyridine rings is 1.